The van der Waals surface area contributed by atoms with Crippen LogP contribution < -0.4 is 14.9 Å². The summed E-state index contributed by atoms with van der Waals surface area (Å²) in [5, 5.41) is 10.7. The minimum atomic E-state index is 0.564. The maximum Gasteiger partial charge on any atom is 0.299 e. The number of rotatable bonds is 3. The SMILES string of the molecule is CNc1c(Cl)cc[n+](OC)c1C=N. The highest BCUT2D eigenvalue weighted by Crippen LogP contribution is 2.20. The van der Waals surface area contributed by atoms with E-state index in [0.717, 1.165) is 0 Å². The number of hydrogen-bond acceptors (Lipinski definition) is 3. The van der Waals surface area contributed by atoms with Gasteiger partial charge in [0.1, 0.15) is 12.8 Å². The van der Waals surface area contributed by atoms with Crippen LogP contribution in [0.2, 0.25) is 5.02 Å². The van der Waals surface area contributed by atoms with E-state index in [2.05, 4.69) is 5.32 Å². The second-order valence-electron chi connectivity index (χ2n) is 2.33. The van der Waals surface area contributed by atoms with Gasteiger partial charge in [-0.3, -0.25) is 4.84 Å². The van der Waals surface area contributed by atoms with Crippen LogP contribution in [0.4, 0.5) is 5.69 Å². The van der Waals surface area contributed by atoms with Crippen molar-refractivity contribution in [2.45, 2.75) is 0 Å². The van der Waals surface area contributed by atoms with Gasteiger partial charge in [0, 0.05) is 17.8 Å². The molecule has 0 aromatic carbocycles. The number of anilines is 1. The summed E-state index contributed by atoms with van der Waals surface area (Å²) in [4.78, 5) is 5.00. The lowest BCUT2D eigenvalue weighted by Crippen LogP contribution is -2.44. The summed E-state index contributed by atoms with van der Waals surface area (Å²) in [5.74, 6) is 0. The molecule has 0 spiro atoms. The zero-order chi connectivity index (χ0) is 9.84. The monoisotopic (exact) mass is 200 g/mol. The quantitative estimate of drug-likeness (QED) is 0.558. The third-order valence-electron chi connectivity index (χ3n) is 1.67. The summed E-state index contributed by atoms with van der Waals surface area (Å²) in [7, 11) is 3.27. The number of nitrogens with one attached hydrogen (secondary N) is 2. The maximum atomic E-state index is 7.20. The Bertz CT molecular complexity index is 327. The molecule has 0 saturated carbocycles. The lowest BCUT2D eigenvalue weighted by Gasteiger charge is -2.03. The fraction of sp³-hybridized carbons (Fsp3) is 0.250. The Kier molecular flexibility index (Phi) is 3.08. The van der Waals surface area contributed by atoms with Gasteiger partial charge in [-0.25, -0.2) is 0 Å². The average molecular weight is 201 g/mol. The number of aromatic nitrogens is 1. The van der Waals surface area contributed by atoms with Crippen LogP contribution in [0.15, 0.2) is 12.3 Å². The molecule has 0 unspecified atom stereocenters. The molecule has 0 saturated heterocycles. The van der Waals surface area contributed by atoms with E-state index >= 15 is 0 Å². The van der Waals surface area contributed by atoms with Gasteiger partial charge in [-0.05, 0) is 0 Å². The zero-order valence-corrected chi connectivity index (χ0v) is 8.22. The molecular formula is C8H11ClN3O+. The third-order valence-corrected chi connectivity index (χ3v) is 1.99. The molecule has 4 nitrogen and oxygen atoms in total. The summed E-state index contributed by atoms with van der Waals surface area (Å²) < 4.78 is 1.46. The fourth-order valence-corrected chi connectivity index (χ4v) is 1.32. The second-order valence-corrected chi connectivity index (χ2v) is 2.73. The van der Waals surface area contributed by atoms with Crippen LogP contribution in [0.25, 0.3) is 0 Å². The Hall–Kier alpha value is -1.29. The van der Waals surface area contributed by atoms with Crippen LogP contribution in [-0.2, 0) is 0 Å². The highest BCUT2D eigenvalue weighted by Gasteiger charge is 2.17. The lowest BCUT2D eigenvalue weighted by molar-refractivity contribution is -0.885. The van der Waals surface area contributed by atoms with Gasteiger partial charge in [0.15, 0.2) is 0 Å². The molecule has 0 radical (unpaired) electrons. The van der Waals surface area contributed by atoms with E-state index in [1.165, 1.54) is 18.1 Å². The van der Waals surface area contributed by atoms with E-state index < -0.39 is 0 Å². The van der Waals surface area contributed by atoms with Gasteiger partial charge < -0.3 is 10.7 Å². The Morgan fingerprint density at radius 3 is 2.85 bits per heavy atom. The zero-order valence-electron chi connectivity index (χ0n) is 7.47. The van der Waals surface area contributed by atoms with Gasteiger partial charge in [0.25, 0.3) is 5.69 Å². The molecule has 1 aromatic heterocycles. The van der Waals surface area contributed by atoms with E-state index in [1.54, 1.807) is 19.3 Å². The number of halogens is 1. The molecule has 1 heterocycles. The highest BCUT2D eigenvalue weighted by atomic mass is 35.5. The Labute approximate surface area is 81.6 Å². The molecule has 13 heavy (non-hydrogen) atoms. The van der Waals surface area contributed by atoms with Crippen molar-refractivity contribution in [1.82, 2.24) is 0 Å². The smallest absolute Gasteiger partial charge is 0.299 e. The first-order chi connectivity index (χ1) is 6.24. The summed E-state index contributed by atoms with van der Waals surface area (Å²) in [6.45, 7) is 0. The molecular weight excluding hydrogens is 190 g/mol. The van der Waals surface area contributed by atoms with Gasteiger partial charge in [0.05, 0.1) is 11.2 Å². The van der Waals surface area contributed by atoms with Crippen LogP contribution in [0.3, 0.4) is 0 Å². The molecule has 0 aliphatic rings. The van der Waals surface area contributed by atoms with Crippen molar-refractivity contribution in [2.24, 2.45) is 0 Å². The molecule has 1 aromatic rings. The summed E-state index contributed by atoms with van der Waals surface area (Å²) >= 11 is 5.90. The highest BCUT2D eigenvalue weighted by molar-refractivity contribution is 6.33. The van der Waals surface area contributed by atoms with Crippen LogP contribution in [-0.4, -0.2) is 20.4 Å². The molecule has 5 heteroatoms. The van der Waals surface area contributed by atoms with E-state index in [9.17, 15) is 0 Å². The van der Waals surface area contributed by atoms with Gasteiger partial charge >= 0.3 is 0 Å². The van der Waals surface area contributed by atoms with Crippen LogP contribution in [0.5, 0.6) is 0 Å². The van der Waals surface area contributed by atoms with E-state index in [0.29, 0.717) is 16.4 Å². The lowest BCUT2D eigenvalue weighted by atomic mass is 10.3. The standard InChI is InChI=1S/C8H11ClN3O/c1-11-8-6(9)3-4-12(13-2)7(8)5-10/h3-5,10-11H,1-2H3/q+1. The Morgan fingerprint density at radius 1 is 1.69 bits per heavy atom. The molecule has 0 bridgehead atoms. The minimum Gasteiger partial charge on any atom is -0.381 e. The predicted octanol–water partition coefficient (Wildman–Crippen LogP) is 0.725. The summed E-state index contributed by atoms with van der Waals surface area (Å²) in [6.07, 6.45) is 2.84. The fourth-order valence-electron chi connectivity index (χ4n) is 1.07. The van der Waals surface area contributed by atoms with Gasteiger partial charge in [-0.15, -0.1) is 0 Å². The maximum absolute atomic E-state index is 7.20. The third kappa shape index (κ3) is 1.72. The van der Waals surface area contributed by atoms with Crippen molar-refractivity contribution in [3.8, 4) is 0 Å². The number of nitrogens with zero attached hydrogens (tertiary/aromatic N) is 1. The number of hydrogen-bond donors (Lipinski definition) is 2. The normalized spacial score (nSPS) is 9.46. The molecule has 1 rings (SSSR count). The molecule has 0 aliphatic heterocycles. The average Bonchev–Trinajstić information content (AvgIpc) is 2.17. The second kappa shape index (κ2) is 4.09. The van der Waals surface area contributed by atoms with Crippen molar-refractivity contribution in [1.29, 1.82) is 5.41 Å². The molecule has 0 amide bonds. The van der Waals surface area contributed by atoms with Crippen LogP contribution in [0.1, 0.15) is 5.69 Å². The molecule has 70 valence electrons. The number of pyridine rings is 1. The van der Waals surface area contributed by atoms with E-state index in [4.69, 9.17) is 21.8 Å². The summed E-state index contributed by atoms with van der Waals surface area (Å²) in [6, 6.07) is 1.70. The summed E-state index contributed by atoms with van der Waals surface area (Å²) in [5.41, 5.74) is 1.26. The van der Waals surface area contributed by atoms with Gasteiger partial charge in [-0.2, -0.15) is 0 Å². The van der Waals surface area contributed by atoms with Crippen molar-refractivity contribution in [3.63, 3.8) is 0 Å². The first-order valence-corrected chi connectivity index (χ1v) is 4.09. The van der Waals surface area contributed by atoms with Crippen LogP contribution in [0, 0.1) is 5.41 Å². The minimum absolute atomic E-state index is 0.564. The van der Waals surface area contributed by atoms with Gasteiger partial charge in [-0.1, -0.05) is 11.6 Å². The molecule has 0 fully saturated rings. The molecule has 2 N–H and O–H groups in total. The van der Waals surface area contributed by atoms with Crippen LogP contribution >= 0.6 is 11.6 Å². The van der Waals surface area contributed by atoms with Crippen molar-refractivity contribution in [3.05, 3.63) is 23.0 Å². The Balaban J connectivity index is 3.36. The van der Waals surface area contributed by atoms with E-state index in [1.807, 2.05) is 0 Å². The molecule has 0 aliphatic carbocycles. The first kappa shape index (κ1) is 9.80. The van der Waals surface area contributed by atoms with Crippen molar-refractivity contribution >= 4 is 23.5 Å². The first-order valence-electron chi connectivity index (χ1n) is 3.71. The van der Waals surface area contributed by atoms with Crippen molar-refractivity contribution in [2.75, 3.05) is 19.5 Å². The Morgan fingerprint density at radius 2 is 2.38 bits per heavy atom. The van der Waals surface area contributed by atoms with E-state index in [-0.39, 0.29) is 0 Å². The predicted molar refractivity (Wildman–Crippen MR) is 51.6 cm³/mol. The van der Waals surface area contributed by atoms with Gasteiger partial charge in [0.2, 0.25) is 6.20 Å². The largest absolute Gasteiger partial charge is 0.381 e. The van der Waals surface area contributed by atoms with Crippen molar-refractivity contribution < 1.29 is 9.57 Å². The topological polar surface area (TPSA) is 49.0 Å². The molecule has 0 atom stereocenters.